The first-order chi connectivity index (χ1) is 12.5. The highest BCUT2D eigenvalue weighted by atomic mass is 31.2. The topological polar surface area (TPSA) is 35.5 Å². The summed E-state index contributed by atoms with van der Waals surface area (Å²) in [6.45, 7) is 9.18. The molecule has 1 unspecified atom stereocenters. The molecule has 0 fully saturated rings. The van der Waals surface area contributed by atoms with Gasteiger partial charge in [0.25, 0.3) is 0 Å². The molecule has 0 N–H and O–H groups in total. The predicted octanol–water partition coefficient (Wildman–Crippen LogP) is 7.95. The van der Waals surface area contributed by atoms with Gasteiger partial charge in [-0.15, -0.1) is 0 Å². The van der Waals surface area contributed by atoms with Gasteiger partial charge in [0.05, 0.1) is 12.8 Å². The van der Waals surface area contributed by atoms with Gasteiger partial charge in [-0.25, -0.2) is 4.57 Å². The Kier molecular flexibility index (Phi) is 12.0. The molecule has 150 valence electrons. The standard InChI is InChI=1S/C22H39O3P/c1-5-7-9-10-11-12-13-18-24-26(23,19-8-6-2)25-22-16-14-21(15-17-22)20(3)4/h14-17,20H,5-13,18-19H2,1-4H3. The van der Waals surface area contributed by atoms with Gasteiger partial charge in [0.15, 0.2) is 0 Å². The molecule has 0 saturated heterocycles. The maximum Gasteiger partial charge on any atom is 0.379 e. The number of unbranched alkanes of at least 4 members (excludes halogenated alkanes) is 7. The van der Waals surface area contributed by atoms with Crippen molar-refractivity contribution >= 4 is 7.60 Å². The summed E-state index contributed by atoms with van der Waals surface area (Å²) in [5, 5.41) is 0. The van der Waals surface area contributed by atoms with Gasteiger partial charge in [0, 0.05) is 0 Å². The highest BCUT2D eigenvalue weighted by Gasteiger charge is 2.25. The molecule has 4 heteroatoms. The molecule has 0 aliphatic heterocycles. The molecule has 0 saturated carbocycles. The van der Waals surface area contributed by atoms with Crippen LogP contribution >= 0.6 is 7.60 Å². The molecule has 0 bridgehead atoms. The minimum Gasteiger partial charge on any atom is -0.424 e. The van der Waals surface area contributed by atoms with Crippen LogP contribution in [0.25, 0.3) is 0 Å². The molecular weight excluding hydrogens is 343 g/mol. The summed E-state index contributed by atoms with van der Waals surface area (Å²) < 4.78 is 24.7. The molecule has 0 aromatic heterocycles. The average molecular weight is 383 g/mol. The normalized spacial score (nSPS) is 13.7. The molecular formula is C22H39O3P. The van der Waals surface area contributed by atoms with E-state index in [9.17, 15) is 4.57 Å². The van der Waals surface area contributed by atoms with E-state index in [-0.39, 0.29) is 0 Å². The van der Waals surface area contributed by atoms with Crippen molar-refractivity contribution in [1.82, 2.24) is 0 Å². The zero-order valence-electron chi connectivity index (χ0n) is 17.3. The van der Waals surface area contributed by atoms with E-state index in [2.05, 4.69) is 27.7 Å². The molecule has 1 atom stereocenters. The highest BCUT2D eigenvalue weighted by Crippen LogP contribution is 2.49. The summed E-state index contributed by atoms with van der Waals surface area (Å²) in [6.07, 6.45) is 10.9. The van der Waals surface area contributed by atoms with Crippen LogP contribution in [0.15, 0.2) is 24.3 Å². The molecule has 0 aliphatic carbocycles. The van der Waals surface area contributed by atoms with Gasteiger partial charge in [-0.2, -0.15) is 0 Å². The minimum atomic E-state index is -3.06. The van der Waals surface area contributed by atoms with E-state index < -0.39 is 7.60 Å². The maximum atomic E-state index is 13.1. The first-order valence-corrected chi connectivity index (χ1v) is 12.3. The highest BCUT2D eigenvalue weighted by molar-refractivity contribution is 7.54. The van der Waals surface area contributed by atoms with E-state index in [1.165, 1.54) is 37.7 Å². The molecule has 0 radical (unpaired) electrons. The second-order valence-corrected chi connectivity index (χ2v) is 9.57. The van der Waals surface area contributed by atoms with E-state index in [0.29, 0.717) is 24.4 Å². The van der Waals surface area contributed by atoms with E-state index in [4.69, 9.17) is 9.05 Å². The molecule has 1 aromatic carbocycles. The van der Waals surface area contributed by atoms with Crippen molar-refractivity contribution in [3.05, 3.63) is 29.8 Å². The van der Waals surface area contributed by atoms with Crippen LogP contribution in [-0.2, 0) is 9.09 Å². The fourth-order valence-corrected chi connectivity index (χ4v) is 4.65. The van der Waals surface area contributed by atoms with Crippen molar-refractivity contribution < 1.29 is 13.6 Å². The van der Waals surface area contributed by atoms with E-state index in [1.807, 2.05) is 24.3 Å². The van der Waals surface area contributed by atoms with Gasteiger partial charge in [-0.1, -0.05) is 84.8 Å². The zero-order valence-corrected chi connectivity index (χ0v) is 18.2. The number of hydrogen-bond donors (Lipinski definition) is 0. The molecule has 1 rings (SSSR count). The Balaban J connectivity index is 2.46. The van der Waals surface area contributed by atoms with Gasteiger partial charge in [0.2, 0.25) is 0 Å². The lowest BCUT2D eigenvalue weighted by Crippen LogP contribution is -2.04. The predicted molar refractivity (Wildman–Crippen MR) is 112 cm³/mol. The van der Waals surface area contributed by atoms with E-state index >= 15 is 0 Å². The Hall–Kier alpha value is -0.790. The molecule has 0 spiro atoms. The van der Waals surface area contributed by atoms with Crippen LogP contribution in [0.3, 0.4) is 0 Å². The smallest absolute Gasteiger partial charge is 0.379 e. The summed E-state index contributed by atoms with van der Waals surface area (Å²) in [7, 11) is -3.06. The van der Waals surface area contributed by atoms with Gasteiger partial charge in [-0.05, 0) is 36.5 Å². The maximum absolute atomic E-state index is 13.1. The van der Waals surface area contributed by atoms with Crippen molar-refractivity contribution in [2.75, 3.05) is 12.8 Å². The molecule has 0 aliphatic rings. The zero-order chi connectivity index (χ0) is 19.3. The summed E-state index contributed by atoms with van der Waals surface area (Å²) in [5.41, 5.74) is 1.25. The van der Waals surface area contributed by atoms with Crippen molar-refractivity contribution in [3.8, 4) is 5.75 Å². The van der Waals surface area contributed by atoms with Crippen LogP contribution in [0, 0.1) is 0 Å². The fourth-order valence-electron chi connectivity index (χ4n) is 2.83. The fraction of sp³-hybridized carbons (Fsp3) is 0.727. The number of rotatable bonds is 15. The van der Waals surface area contributed by atoms with Crippen molar-refractivity contribution in [2.45, 2.75) is 91.4 Å². The Labute approximate surface area is 161 Å². The summed E-state index contributed by atoms with van der Waals surface area (Å²) >= 11 is 0. The lowest BCUT2D eigenvalue weighted by atomic mass is 10.0. The third kappa shape index (κ3) is 9.78. The molecule has 0 amide bonds. The Morgan fingerprint density at radius 1 is 0.846 bits per heavy atom. The Morgan fingerprint density at radius 2 is 1.42 bits per heavy atom. The van der Waals surface area contributed by atoms with Gasteiger partial charge < -0.3 is 4.52 Å². The second kappa shape index (κ2) is 13.4. The van der Waals surface area contributed by atoms with E-state index in [0.717, 1.165) is 25.7 Å². The Bertz CT molecular complexity index is 511. The summed E-state index contributed by atoms with van der Waals surface area (Å²) in [6, 6.07) is 7.90. The SMILES string of the molecule is CCCCCCCCCOP(=O)(CCCC)Oc1ccc(C(C)C)cc1. The third-order valence-corrected chi connectivity index (χ3v) is 6.54. The first kappa shape index (κ1) is 23.2. The average Bonchev–Trinajstić information content (AvgIpc) is 2.63. The molecule has 0 heterocycles. The third-order valence-electron chi connectivity index (χ3n) is 4.61. The minimum absolute atomic E-state index is 0.476. The second-order valence-electron chi connectivity index (χ2n) is 7.46. The Morgan fingerprint density at radius 3 is 2.00 bits per heavy atom. The van der Waals surface area contributed by atoms with Crippen LogP contribution in [0.1, 0.15) is 97.0 Å². The van der Waals surface area contributed by atoms with Crippen LogP contribution in [0.5, 0.6) is 5.75 Å². The van der Waals surface area contributed by atoms with Crippen LogP contribution in [0.4, 0.5) is 0 Å². The summed E-state index contributed by atoms with van der Waals surface area (Å²) in [4.78, 5) is 0. The largest absolute Gasteiger partial charge is 0.424 e. The lowest BCUT2D eigenvalue weighted by Gasteiger charge is -2.19. The number of benzene rings is 1. The van der Waals surface area contributed by atoms with Crippen molar-refractivity contribution in [3.63, 3.8) is 0 Å². The van der Waals surface area contributed by atoms with Crippen molar-refractivity contribution in [1.29, 1.82) is 0 Å². The quantitative estimate of drug-likeness (QED) is 0.228. The number of hydrogen-bond acceptors (Lipinski definition) is 3. The first-order valence-electron chi connectivity index (χ1n) is 10.5. The summed E-state index contributed by atoms with van der Waals surface area (Å²) in [5.74, 6) is 1.12. The monoisotopic (exact) mass is 382 g/mol. The van der Waals surface area contributed by atoms with Gasteiger partial charge in [0.1, 0.15) is 5.75 Å². The molecule has 26 heavy (non-hydrogen) atoms. The van der Waals surface area contributed by atoms with Gasteiger partial charge >= 0.3 is 7.60 Å². The van der Waals surface area contributed by atoms with Crippen LogP contribution in [0.2, 0.25) is 0 Å². The van der Waals surface area contributed by atoms with E-state index in [1.54, 1.807) is 0 Å². The molecule has 3 nitrogen and oxygen atoms in total. The molecule has 1 aromatic rings. The van der Waals surface area contributed by atoms with Crippen LogP contribution < -0.4 is 4.52 Å². The van der Waals surface area contributed by atoms with Crippen molar-refractivity contribution in [2.24, 2.45) is 0 Å². The lowest BCUT2D eigenvalue weighted by molar-refractivity contribution is 0.257. The van der Waals surface area contributed by atoms with Crippen LogP contribution in [-0.4, -0.2) is 12.8 Å². The van der Waals surface area contributed by atoms with Gasteiger partial charge in [-0.3, -0.25) is 4.52 Å².